The summed E-state index contributed by atoms with van der Waals surface area (Å²) >= 11 is 0. The predicted octanol–water partition coefficient (Wildman–Crippen LogP) is 3.79. The van der Waals surface area contributed by atoms with Gasteiger partial charge in [0.1, 0.15) is 16.8 Å². The highest BCUT2D eigenvalue weighted by Crippen LogP contribution is 2.70. The van der Waals surface area contributed by atoms with E-state index in [1.165, 1.54) is 25.7 Å². The molecule has 6 nitrogen and oxygen atoms in total. The summed E-state index contributed by atoms with van der Waals surface area (Å²) in [5, 5.41) is 13.2. The molecule has 4 unspecified atom stereocenters. The maximum Gasteiger partial charge on any atom is 0.315 e. The zero-order valence-corrected chi connectivity index (χ0v) is 17.3. The van der Waals surface area contributed by atoms with Crippen molar-refractivity contribution in [1.82, 2.24) is 14.7 Å². The van der Waals surface area contributed by atoms with Gasteiger partial charge in [-0.15, -0.1) is 0 Å². The SMILES string of the molecule is O=C(NCC12CC3CC3CC1C2)c1cccc2nc(C3(C(=O)O)CCCCC3)cn12. The van der Waals surface area contributed by atoms with Gasteiger partial charge in [-0.3, -0.25) is 14.0 Å². The molecular formula is C24H29N3O3. The van der Waals surface area contributed by atoms with Crippen LogP contribution in [0.4, 0.5) is 0 Å². The lowest BCUT2D eigenvalue weighted by Gasteiger charge is -2.31. The Labute approximate surface area is 176 Å². The normalized spacial score (nSPS) is 33.4. The number of nitrogens with zero attached hydrogens (tertiary/aromatic N) is 2. The summed E-state index contributed by atoms with van der Waals surface area (Å²) in [4.78, 5) is 29.9. The number of carbonyl (C=O) groups excluding carboxylic acids is 1. The van der Waals surface area contributed by atoms with Crippen molar-refractivity contribution < 1.29 is 14.7 Å². The summed E-state index contributed by atoms with van der Waals surface area (Å²) in [7, 11) is 0. The van der Waals surface area contributed by atoms with E-state index in [4.69, 9.17) is 0 Å². The van der Waals surface area contributed by atoms with Crippen LogP contribution in [-0.2, 0) is 10.2 Å². The Bertz CT molecular complexity index is 1040. The fourth-order valence-corrected chi connectivity index (χ4v) is 6.55. The molecule has 4 fully saturated rings. The first kappa shape index (κ1) is 18.4. The van der Waals surface area contributed by atoms with Gasteiger partial charge in [0.05, 0.1) is 5.69 Å². The summed E-state index contributed by atoms with van der Waals surface area (Å²) in [5.41, 5.74) is 1.18. The number of imidazole rings is 1. The van der Waals surface area contributed by atoms with Gasteiger partial charge < -0.3 is 10.4 Å². The van der Waals surface area contributed by atoms with Crippen LogP contribution in [0.15, 0.2) is 24.4 Å². The van der Waals surface area contributed by atoms with Crippen LogP contribution in [0.1, 0.15) is 74.0 Å². The summed E-state index contributed by atoms with van der Waals surface area (Å²) in [6, 6.07) is 5.49. The Balaban J connectivity index is 1.26. The van der Waals surface area contributed by atoms with Gasteiger partial charge in [-0.05, 0) is 73.8 Å². The molecule has 2 N–H and O–H groups in total. The van der Waals surface area contributed by atoms with Gasteiger partial charge in [0.2, 0.25) is 0 Å². The molecule has 2 aromatic heterocycles. The fourth-order valence-electron chi connectivity index (χ4n) is 6.55. The lowest BCUT2D eigenvalue weighted by molar-refractivity contribution is -0.145. The first-order chi connectivity index (χ1) is 14.5. The fraction of sp³-hybridized carbons (Fsp3) is 0.625. The molecule has 4 aliphatic carbocycles. The number of aromatic nitrogens is 2. The highest BCUT2D eigenvalue weighted by Gasteiger charge is 2.63. The standard InChI is InChI=1S/C24H29N3O3/c28-21(25-14-23-11-16-9-15(16)10-17(23)12-23)18-5-4-6-20-26-19(13-27(18)20)24(22(29)30)7-2-1-3-8-24/h4-6,13,15-17H,1-3,7-12,14H2,(H,25,28)(H,29,30). The van der Waals surface area contributed by atoms with Gasteiger partial charge >= 0.3 is 5.97 Å². The molecular weight excluding hydrogens is 378 g/mol. The van der Waals surface area contributed by atoms with Crippen LogP contribution in [0.25, 0.3) is 5.65 Å². The lowest BCUT2D eigenvalue weighted by atomic mass is 9.72. The summed E-state index contributed by atoms with van der Waals surface area (Å²) in [6.07, 6.45) is 11.2. The smallest absolute Gasteiger partial charge is 0.315 e. The Morgan fingerprint density at radius 1 is 1.13 bits per heavy atom. The third-order valence-electron chi connectivity index (χ3n) is 8.62. The minimum Gasteiger partial charge on any atom is -0.481 e. The molecule has 0 saturated heterocycles. The average Bonchev–Trinajstić information content (AvgIpc) is 3.61. The maximum absolute atomic E-state index is 13.1. The molecule has 0 spiro atoms. The Hall–Kier alpha value is -2.37. The van der Waals surface area contributed by atoms with Crippen molar-refractivity contribution in [3.05, 3.63) is 35.8 Å². The molecule has 0 aliphatic heterocycles. The zero-order chi connectivity index (χ0) is 20.5. The van der Waals surface area contributed by atoms with Gasteiger partial charge in [-0.25, -0.2) is 4.98 Å². The van der Waals surface area contributed by atoms with Crippen LogP contribution in [0.5, 0.6) is 0 Å². The van der Waals surface area contributed by atoms with E-state index in [1.54, 1.807) is 10.6 Å². The van der Waals surface area contributed by atoms with Crippen LogP contribution in [0.3, 0.4) is 0 Å². The van der Waals surface area contributed by atoms with Crippen molar-refractivity contribution >= 4 is 17.5 Å². The minimum atomic E-state index is -0.929. The largest absolute Gasteiger partial charge is 0.481 e. The number of amides is 1. The molecule has 0 bridgehead atoms. The first-order valence-corrected chi connectivity index (χ1v) is 11.5. The van der Waals surface area contributed by atoms with Crippen molar-refractivity contribution in [2.75, 3.05) is 6.54 Å². The first-order valence-electron chi connectivity index (χ1n) is 11.5. The van der Waals surface area contributed by atoms with Crippen molar-refractivity contribution in [2.24, 2.45) is 23.2 Å². The number of pyridine rings is 1. The van der Waals surface area contributed by atoms with Gasteiger partial charge in [0, 0.05) is 12.7 Å². The van der Waals surface area contributed by atoms with Crippen molar-refractivity contribution in [3.63, 3.8) is 0 Å². The molecule has 1 amide bonds. The van der Waals surface area contributed by atoms with Crippen LogP contribution in [0.2, 0.25) is 0 Å². The molecule has 4 aliphatic rings. The summed E-state index contributed by atoms with van der Waals surface area (Å²) in [6.45, 7) is 0.761. The van der Waals surface area contributed by atoms with E-state index in [2.05, 4.69) is 10.3 Å². The Morgan fingerprint density at radius 2 is 1.97 bits per heavy atom. The molecule has 2 aromatic rings. The number of aliphatic carboxylic acids is 1. The zero-order valence-electron chi connectivity index (χ0n) is 17.3. The lowest BCUT2D eigenvalue weighted by Crippen LogP contribution is -2.38. The number of carboxylic acids is 1. The number of fused-ring (bicyclic) bond motifs is 3. The number of carboxylic acid groups (broad SMARTS) is 1. The van der Waals surface area contributed by atoms with Crippen LogP contribution in [0, 0.1) is 23.2 Å². The van der Waals surface area contributed by atoms with E-state index >= 15 is 0 Å². The molecule has 4 saturated carbocycles. The van der Waals surface area contributed by atoms with E-state index < -0.39 is 11.4 Å². The maximum atomic E-state index is 13.1. The number of hydrogen-bond donors (Lipinski definition) is 2. The van der Waals surface area contributed by atoms with Gasteiger partial charge in [0.25, 0.3) is 5.91 Å². The van der Waals surface area contributed by atoms with Gasteiger partial charge in [0.15, 0.2) is 0 Å². The minimum absolute atomic E-state index is 0.0875. The van der Waals surface area contributed by atoms with Crippen molar-refractivity contribution in [1.29, 1.82) is 0 Å². The second-order valence-corrected chi connectivity index (χ2v) is 10.4. The molecule has 0 radical (unpaired) electrons. The topological polar surface area (TPSA) is 83.7 Å². The highest BCUT2D eigenvalue weighted by molar-refractivity contribution is 5.93. The Morgan fingerprint density at radius 3 is 2.77 bits per heavy atom. The second kappa shape index (κ2) is 6.32. The second-order valence-electron chi connectivity index (χ2n) is 10.4. The summed E-state index contributed by atoms with van der Waals surface area (Å²) < 4.78 is 1.78. The van der Waals surface area contributed by atoms with E-state index in [-0.39, 0.29) is 5.91 Å². The van der Waals surface area contributed by atoms with Gasteiger partial charge in [-0.1, -0.05) is 25.3 Å². The average molecular weight is 408 g/mol. The predicted molar refractivity (Wildman–Crippen MR) is 111 cm³/mol. The van der Waals surface area contributed by atoms with Crippen molar-refractivity contribution in [2.45, 2.75) is 63.2 Å². The number of hydrogen-bond acceptors (Lipinski definition) is 3. The quantitative estimate of drug-likeness (QED) is 0.790. The molecule has 6 rings (SSSR count). The summed E-state index contributed by atoms with van der Waals surface area (Å²) in [5.74, 6) is 1.80. The Kier molecular flexibility index (Phi) is 3.87. The molecule has 30 heavy (non-hydrogen) atoms. The van der Waals surface area contributed by atoms with Crippen LogP contribution >= 0.6 is 0 Å². The molecule has 6 heteroatoms. The number of rotatable bonds is 5. The third kappa shape index (κ3) is 2.72. The van der Waals surface area contributed by atoms with E-state index in [1.807, 2.05) is 18.2 Å². The number of carbonyl (C=O) groups is 2. The van der Waals surface area contributed by atoms with Crippen molar-refractivity contribution in [3.8, 4) is 0 Å². The molecule has 158 valence electrons. The third-order valence-corrected chi connectivity index (χ3v) is 8.62. The van der Waals surface area contributed by atoms with E-state index in [0.717, 1.165) is 43.6 Å². The van der Waals surface area contributed by atoms with Gasteiger partial charge in [-0.2, -0.15) is 0 Å². The molecule has 0 aromatic carbocycles. The van der Waals surface area contributed by atoms with E-state index in [0.29, 0.717) is 35.3 Å². The van der Waals surface area contributed by atoms with Crippen LogP contribution in [-0.4, -0.2) is 32.9 Å². The molecule has 2 heterocycles. The molecule has 4 atom stereocenters. The monoisotopic (exact) mass is 407 g/mol. The highest BCUT2D eigenvalue weighted by atomic mass is 16.4. The van der Waals surface area contributed by atoms with E-state index in [9.17, 15) is 14.7 Å². The number of nitrogens with one attached hydrogen (secondary N) is 1. The van der Waals surface area contributed by atoms with Crippen LogP contribution < -0.4 is 5.32 Å².